The van der Waals surface area contributed by atoms with E-state index in [1.165, 1.54) is 24.1 Å². The number of aromatic nitrogens is 2. The van der Waals surface area contributed by atoms with Gasteiger partial charge in [-0.2, -0.15) is 5.10 Å². The lowest BCUT2D eigenvalue weighted by atomic mass is 9.92. The third-order valence-corrected chi connectivity index (χ3v) is 5.54. The quantitative estimate of drug-likeness (QED) is 0.496. The SMILES string of the molecule is COCCN(CC(=O)Nc1cc(C(C)(C)C)nn1-c1ccc(C)cc1)C(=O)Cc1ccc(F)cc1. The van der Waals surface area contributed by atoms with Gasteiger partial charge in [-0.1, -0.05) is 50.6 Å². The standard InChI is InChI=1S/C27H33FN4O3/c1-19-6-12-22(13-7-19)32-24(17-23(30-32)27(2,3)4)29-25(33)18-31(14-15-35-5)26(34)16-20-8-10-21(28)11-9-20/h6-13,17H,14-16,18H2,1-5H3,(H,29,33). The maximum atomic E-state index is 13.2. The summed E-state index contributed by atoms with van der Waals surface area (Å²) >= 11 is 0. The molecule has 3 rings (SSSR count). The lowest BCUT2D eigenvalue weighted by molar-refractivity contribution is -0.134. The number of benzene rings is 2. The Morgan fingerprint density at radius 2 is 1.74 bits per heavy atom. The molecule has 0 radical (unpaired) electrons. The molecule has 3 aromatic rings. The van der Waals surface area contributed by atoms with Gasteiger partial charge in [0.05, 0.1) is 31.0 Å². The Morgan fingerprint density at radius 1 is 1.09 bits per heavy atom. The van der Waals surface area contributed by atoms with E-state index in [0.29, 0.717) is 11.4 Å². The van der Waals surface area contributed by atoms with E-state index in [-0.39, 0.29) is 49.2 Å². The minimum absolute atomic E-state index is 0.0622. The maximum Gasteiger partial charge on any atom is 0.245 e. The van der Waals surface area contributed by atoms with Gasteiger partial charge < -0.3 is 15.0 Å². The van der Waals surface area contributed by atoms with Gasteiger partial charge in [0.1, 0.15) is 11.6 Å². The molecule has 0 bridgehead atoms. The molecule has 0 atom stereocenters. The molecule has 7 nitrogen and oxygen atoms in total. The molecule has 8 heteroatoms. The zero-order valence-corrected chi connectivity index (χ0v) is 21.0. The van der Waals surface area contributed by atoms with Crippen LogP contribution in [0.15, 0.2) is 54.6 Å². The highest BCUT2D eigenvalue weighted by molar-refractivity contribution is 5.94. The Labute approximate surface area is 205 Å². The van der Waals surface area contributed by atoms with Crippen LogP contribution in [0.2, 0.25) is 0 Å². The van der Waals surface area contributed by atoms with Gasteiger partial charge in [0.15, 0.2) is 0 Å². The lowest BCUT2D eigenvalue weighted by Crippen LogP contribution is -2.41. The van der Waals surface area contributed by atoms with Crippen LogP contribution in [0.25, 0.3) is 5.69 Å². The van der Waals surface area contributed by atoms with E-state index in [1.807, 2.05) is 37.3 Å². The highest BCUT2D eigenvalue weighted by atomic mass is 19.1. The minimum Gasteiger partial charge on any atom is -0.383 e. The van der Waals surface area contributed by atoms with Crippen LogP contribution < -0.4 is 5.32 Å². The van der Waals surface area contributed by atoms with Crippen molar-refractivity contribution in [2.24, 2.45) is 0 Å². The van der Waals surface area contributed by atoms with Crippen LogP contribution in [0.3, 0.4) is 0 Å². The number of rotatable bonds is 9. The molecule has 0 aliphatic carbocycles. The summed E-state index contributed by atoms with van der Waals surface area (Å²) in [5, 5.41) is 7.66. The smallest absolute Gasteiger partial charge is 0.245 e. The third-order valence-electron chi connectivity index (χ3n) is 5.54. The molecule has 0 saturated heterocycles. The van der Waals surface area contributed by atoms with Crippen LogP contribution in [-0.4, -0.2) is 53.3 Å². The fourth-order valence-corrected chi connectivity index (χ4v) is 3.46. The number of halogens is 1. The van der Waals surface area contributed by atoms with Crippen molar-refractivity contribution in [1.29, 1.82) is 0 Å². The summed E-state index contributed by atoms with van der Waals surface area (Å²) in [5.74, 6) is -0.424. The van der Waals surface area contributed by atoms with Gasteiger partial charge in [0, 0.05) is 25.1 Å². The van der Waals surface area contributed by atoms with Gasteiger partial charge in [-0.25, -0.2) is 9.07 Å². The van der Waals surface area contributed by atoms with Crippen LogP contribution in [0, 0.1) is 12.7 Å². The number of nitrogens with zero attached hydrogens (tertiary/aromatic N) is 3. The van der Waals surface area contributed by atoms with Crippen LogP contribution in [0.5, 0.6) is 0 Å². The number of hydrogen-bond acceptors (Lipinski definition) is 4. The zero-order chi connectivity index (χ0) is 25.6. The summed E-state index contributed by atoms with van der Waals surface area (Å²) in [4.78, 5) is 27.4. The van der Waals surface area contributed by atoms with Gasteiger partial charge in [0.2, 0.25) is 11.8 Å². The Bertz CT molecular complexity index is 1150. The fraction of sp³-hybridized carbons (Fsp3) is 0.370. The van der Waals surface area contributed by atoms with Crippen molar-refractivity contribution in [1.82, 2.24) is 14.7 Å². The number of methoxy groups -OCH3 is 1. The van der Waals surface area contributed by atoms with Gasteiger partial charge in [-0.05, 0) is 36.8 Å². The molecular weight excluding hydrogens is 447 g/mol. The third kappa shape index (κ3) is 7.23. The molecule has 2 amide bonds. The van der Waals surface area contributed by atoms with Crippen molar-refractivity contribution in [3.8, 4) is 5.69 Å². The summed E-state index contributed by atoms with van der Waals surface area (Å²) in [5.41, 5.74) is 3.23. The second kappa shape index (κ2) is 11.3. The van der Waals surface area contributed by atoms with Crippen LogP contribution in [-0.2, 0) is 26.2 Å². The Balaban J connectivity index is 1.79. The topological polar surface area (TPSA) is 76.5 Å². The van der Waals surface area contributed by atoms with E-state index in [9.17, 15) is 14.0 Å². The molecule has 2 aromatic carbocycles. The van der Waals surface area contributed by atoms with E-state index in [4.69, 9.17) is 9.84 Å². The Hall–Kier alpha value is -3.52. The number of carbonyl (C=O) groups excluding carboxylic acids is 2. The molecule has 186 valence electrons. The number of aryl methyl sites for hydroxylation is 1. The van der Waals surface area contributed by atoms with E-state index in [1.54, 1.807) is 16.8 Å². The molecule has 1 heterocycles. The second-order valence-corrected chi connectivity index (χ2v) is 9.57. The van der Waals surface area contributed by atoms with Crippen molar-refractivity contribution < 1.29 is 18.7 Å². The zero-order valence-electron chi connectivity index (χ0n) is 21.0. The fourth-order valence-electron chi connectivity index (χ4n) is 3.46. The number of anilines is 1. The first kappa shape index (κ1) is 26.1. The van der Waals surface area contributed by atoms with Gasteiger partial charge in [-0.3, -0.25) is 9.59 Å². The summed E-state index contributed by atoms with van der Waals surface area (Å²) < 4.78 is 20.0. The Morgan fingerprint density at radius 3 is 2.34 bits per heavy atom. The first-order valence-electron chi connectivity index (χ1n) is 11.6. The first-order valence-corrected chi connectivity index (χ1v) is 11.6. The van der Waals surface area contributed by atoms with E-state index in [0.717, 1.165) is 16.9 Å². The lowest BCUT2D eigenvalue weighted by Gasteiger charge is -2.22. The molecule has 35 heavy (non-hydrogen) atoms. The van der Waals surface area contributed by atoms with Crippen LogP contribution in [0.1, 0.15) is 37.6 Å². The number of nitrogens with one attached hydrogen (secondary N) is 1. The molecule has 0 saturated carbocycles. The summed E-state index contributed by atoms with van der Waals surface area (Å²) in [6.45, 7) is 8.58. The maximum absolute atomic E-state index is 13.2. The number of carbonyl (C=O) groups is 2. The number of amides is 2. The van der Waals surface area contributed by atoms with Gasteiger partial charge in [-0.15, -0.1) is 0 Å². The predicted molar refractivity (Wildman–Crippen MR) is 134 cm³/mol. The van der Waals surface area contributed by atoms with Crippen LogP contribution in [0.4, 0.5) is 10.2 Å². The molecule has 1 N–H and O–H groups in total. The average Bonchev–Trinajstić information content (AvgIpc) is 3.22. The Kier molecular flexibility index (Phi) is 8.40. The highest BCUT2D eigenvalue weighted by Gasteiger charge is 2.23. The summed E-state index contributed by atoms with van der Waals surface area (Å²) in [6.07, 6.45) is 0.0622. The first-order chi connectivity index (χ1) is 16.6. The molecule has 1 aromatic heterocycles. The van der Waals surface area contributed by atoms with Gasteiger partial charge >= 0.3 is 0 Å². The van der Waals surface area contributed by atoms with Crippen molar-refractivity contribution in [2.45, 2.75) is 39.5 Å². The molecule has 0 spiro atoms. The van der Waals surface area contributed by atoms with E-state index < -0.39 is 0 Å². The van der Waals surface area contributed by atoms with Crippen molar-refractivity contribution in [2.75, 3.05) is 32.1 Å². The molecule has 0 aliphatic heterocycles. The highest BCUT2D eigenvalue weighted by Crippen LogP contribution is 2.26. The largest absolute Gasteiger partial charge is 0.383 e. The van der Waals surface area contributed by atoms with Crippen LogP contribution >= 0.6 is 0 Å². The number of hydrogen-bond donors (Lipinski definition) is 1. The average molecular weight is 481 g/mol. The molecule has 0 fully saturated rings. The summed E-state index contributed by atoms with van der Waals surface area (Å²) in [6, 6.07) is 15.5. The number of ether oxygens (including phenoxy) is 1. The normalized spacial score (nSPS) is 11.4. The van der Waals surface area contributed by atoms with Crippen molar-refractivity contribution in [3.63, 3.8) is 0 Å². The van der Waals surface area contributed by atoms with Crippen molar-refractivity contribution in [3.05, 3.63) is 77.2 Å². The molecule has 0 unspecified atom stereocenters. The van der Waals surface area contributed by atoms with E-state index in [2.05, 4.69) is 26.1 Å². The summed E-state index contributed by atoms with van der Waals surface area (Å²) in [7, 11) is 1.54. The molecule has 0 aliphatic rings. The minimum atomic E-state index is -0.364. The van der Waals surface area contributed by atoms with Crippen molar-refractivity contribution >= 4 is 17.6 Å². The predicted octanol–water partition coefficient (Wildman–Crippen LogP) is 4.27. The monoisotopic (exact) mass is 480 g/mol. The van der Waals surface area contributed by atoms with E-state index >= 15 is 0 Å². The molecular formula is C27H33FN4O3. The van der Waals surface area contributed by atoms with Gasteiger partial charge in [0.25, 0.3) is 0 Å². The second-order valence-electron chi connectivity index (χ2n) is 9.57.